The molecule has 27 heavy (non-hydrogen) atoms. The monoisotopic (exact) mass is 367 g/mol. The van der Waals surface area contributed by atoms with Crippen LogP contribution in [0.3, 0.4) is 0 Å². The molecule has 1 spiro atoms. The summed E-state index contributed by atoms with van der Waals surface area (Å²) in [6, 6.07) is 4.14. The first-order chi connectivity index (χ1) is 13.3. The van der Waals surface area contributed by atoms with Gasteiger partial charge in [-0.2, -0.15) is 0 Å². The van der Waals surface area contributed by atoms with Crippen molar-refractivity contribution in [1.29, 1.82) is 0 Å². The Morgan fingerprint density at radius 2 is 2.04 bits per heavy atom. The highest BCUT2D eigenvalue weighted by molar-refractivity contribution is 5.38. The number of fused-ring (bicyclic) bond motifs is 2. The third kappa shape index (κ3) is 3.31. The van der Waals surface area contributed by atoms with Gasteiger partial charge in [-0.3, -0.25) is 9.88 Å². The number of pyridine rings is 1. The van der Waals surface area contributed by atoms with Crippen LogP contribution in [-0.4, -0.2) is 65.9 Å². The maximum Gasteiger partial charge on any atom is 0.225 e. The van der Waals surface area contributed by atoms with E-state index in [4.69, 9.17) is 14.5 Å². The Morgan fingerprint density at radius 1 is 1.11 bits per heavy atom. The van der Waals surface area contributed by atoms with Gasteiger partial charge in [-0.1, -0.05) is 6.07 Å². The van der Waals surface area contributed by atoms with Crippen molar-refractivity contribution in [3.63, 3.8) is 0 Å². The predicted octanol–water partition coefficient (Wildman–Crippen LogP) is 1.38. The van der Waals surface area contributed by atoms with Gasteiger partial charge in [-0.05, 0) is 24.6 Å². The number of morpholine rings is 1. The summed E-state index contributed by atoms with van der Waals surface area (Å²) < 4.78 is 11.4. The zero-order valence-electron chi connectivity index (χ0n) is 15.5. The molecule has 0 amide bonds. The van der Waals surface area contributed by atoms with Gasteiger partial charge in [-0.15, -0.1) is 0 Å². The second kappa shape index (κ2) is 7.14. The maximum atomic E-state index is 5.96. The van der Waals surface area contributed by atoms with E-state index in [0.717, 1.165) is 70.5 Å². The van der Waals surface area contributed by atoms with Gasteiger partial charge in [0.1, 0.15) is 0 Å². The summed E-state index contributed by atoms with van der Waals surface area (Å²) >= 11 is 0. The van der Waals surface area contributed by atoms with E-state index >= 15 is 0 Å². The Hall–Kier alpha value is -2.09. The standard InChI is InChI=1S/C20H25N5O2/c1-2-16(10-21-4-1)12-24-5-3-20(14-24)15-27-13-17-11-22-19(23-18(17)20)25-6-8-26-9-7-25/h1-2,4,10-11H,3,5-9,12-15H2/t20-/m0/s1. The summed E-state index contributed by atoms with van der Waals surface area (Å²) in [6.45, 7) is 7.49. The molecule has 0 N–H and O–H groups in total. The van der Waals surface area contributed by atoms with Crippen LogP contribution in [0, 0.1) is 0 Å². The molecule has 2 aromatic heterocycles. The molecule has 0 saturated carbocycles. The summed E-state index contributed by atoms with van der Waals surface area (Å²) in [4.78, 5) is 18.6. The van der Waals surface area contributed by atoms with Crippen LogP contribution in [0.15, 0.2) is 30.7 Å². The zero-order valence-corrected chi connectivity index (χ0v) is 15.5. The number of rotatable bonds is 3. The molecule has 2 saturated heterocycles. The summed E-state index contributed by atoms with van der Waals surface area (Å²) in [5.74, 6) is 0.837. The van der Waals surface area contributed by atoms with E-state index < -0.39 is 0 Å². The Bertz CT molecular complexity index is 796. The summed E-state index contributed by atoms with van der Waals surface area (Å²) in [6.07, 6.45) is 6.82. The van der Waals surface area contributed by atoms with Crippen LogP contribution in [0.25, 0.3) is 0 Å². The van der Waals surface area contributed by atoms with Crippen LogP contribution in [0.5, 0.6) is 0 Å². The molecular formula is C20H25N5O2. The molecule has 7 nitrogen and oxygen atoms in total. The fourth-order valence-electron chi connectivity index (χ4n) is 4.46. The van der Waals surface area contributed by atoms with E-state index in [1.54, 1.807) is 0 Å². The quantitative estimate of drug-likeness (QED) is 0.812. The molecule has 7 heteroatoms. The first-order valence-electron chi connectivity index (χ1n) is 9.71. The lowest BCUT2D eigenvalue weighted by molar-refractivity contribution is 0.0502. The van der Waals surface area contributed by atoms with E-state index in [2.05, 4.69) is 25.8 Å². The van der Waals surface area contributed by atoms with Crippen molar-refractivity contribution < 1.29 is 9.47 Å². The fraction of sp³-hybridized carbons (Fsp3) is 0.550. The van der Waals surface area contributed by atoms with Crippen molar-refractivity contribution in [1.82, 2.24) is 19.9 Å². The van der Waals surface area contributed by atoms with Gasteiger partial charge in [0.15, 0.2) is 0 Å². The van der Waals surface area contributed by atoms with Gasteiger partial charge in [0.25, 0.3) is 0 Å². The van der Waals surface area contributed by atoms with Crippen molar-refractivity contribution in [2.75, 3.05) is 50.9 Å². The highest BCUT2D eigenvalue weighted by Crippen LogP contribution is 2.39. The Kier molecular flexibility index (Phi) is 4.51. The molecule has 2 aromatic rings. The normalized spacial score (nSPS) is 25.7. The summed E-state index contributed by atoms with van der Waals surface area (Å²) in [7, 11) is 0. The molecule has 3 aliphatic rings. The summed E-state index contributed by atoms with van der Waals surface area (Å²) in [5.41, 5.74) is 3.56. The number of hydrogen-bond donors (Lipinski definition) is 0. The topological polar surface area (TPSA) is 63.6 Å². The lowest BCUT2D eigenvalue weighted by Crippen LogP contribution is -2.42. The lowest BCUT2D eigenvalue weighted by atomic mass is 9.80. The minimum atomic E-state index is -0.0280. The van der Waals surface area contributed by atoms with Gasteiger partial charge in [-0.25, -0.2) is 9.97 Å². The van der Waals surface area contributed by atoms with Crippen molar-refractivity contribution in [3.8, 4) is 0 Å². The summed E-state index contributed by atoms with van der Waals surface area (Å²) in [5, 5.41) is 0. The molecule has 3 aliphatic heterocycles. The zero-order chi connectivity index (χ0) is 18.1. The van der Waals surface area contributed by atoms with Gasteiger partial charge >= 0.3 is 0 Å². The number of aromatic nitrogens is 3. The van der Waals surface area contributed by atoms with Crippen molar-refractivity contribution in [2.24, 2.45) is 0 Å². The number of nitrogens with zero attached hydrogens (tertiary/aromatic N) is 5. The molecule has 5 rings (SSSR count). The number of anilines is 1. The molecule has 0 aliphatic carbocycles. The Balaban J connectivity index is 1.40. The molecule has 0 radical (unpaired) electrons. The third-order valence-electron chi connectivity index (χ3n) is 5.85. The molecule has 0 unspecified atom stereocenters. The molecule has 5 heterocycles. The van der Waals surface area contributed by atoms with E-state index in [9.17, 15) is 0 Å². The van der Waals surface area contributed by atoms with Gasteiger partial charge in [0.05, 0.1) is 37.5 Å². The minimum Gasteiger partial charge on any atom is -0.378 e. The van der Waals surface area contributed by atoms with Crippen LogP contribution in [-0.2, 0) is 28.0 Å². The average Bonchev–Trinajstić information content (AvgIpc) is 3.12. The molecule has 0 bridgehead atoms. The van der Waals surface area contributed by atoms with Gasteiger partial charge < -0.3 is 14.4 Å². The van der Waals surface area contributed by atoms with E-state index in [-0.39, 0.29) is 5.41 Å². The third-order valence-corrected chi connectivity index (χ3v) is 5.85. The molecule has 142 valence electrons. The van der Waals surface area contributed by atoms with Crippen LogP contribution in [0.4, 0.5) is 5.95 Å². The van der Waals surface area contributed by atoms with Gasteiger partial charge in [0.2, 0.25) is 5.95 Å². The predicted molar refractivity (Wildman–Crippen MR) is 101 cm³/mol. The van der Waals surface area contributed by atoms with E-state index in [1.165, 1.54) is 11.3 Å². The highest BCUT2D eigenvalue weighted by atomic mass is 16.5. The number of likely N-dealkylation sites (tertiary alicyclic amines) is 1. The van der Waals surface area contributed by atoms with Crippen LogP contribution < -0.4 is 4.90 Å². The Labute approximate surface area is 159 Å². The maximum absolute atomic E-state index is 5.96. The second-order valence-electron chi connectivity index (χ2n) is 7.74. The second-order valence-corrected chi connectivity index (χ2v) is 7.74. The SMILES string of the molecule is c1cncc(CN2CC[C@@]3(COCc4cnc(N5CCOCC5)nc43)C2)c1. The molecule has 2 fully saturated rings. The lowest BCUT2D eigenvalue weighted by Gasteiger charge is -2.35. The number of ether oxygens (including phenoxy) is 2. The first kappa shape index (κ1) is 17.0. The van der Waals surface area contributed by atoms with E-state index in [1.807, 2.05) is 24.7 Å². The first-order valence-corrected chi connectivity index (χ1v) is 9.71. The smallest absolute Gasteiger partial charge is 0.225 e. The largest absolute Gasteiger partial charge is 0.378 e. The molecule has 0 aromatic carbocycles. The average molecular weight is 367 g/mol. The van der Waals surface area contributed by atoms with Crippen LogP contribution in [0.2, 0.25) is 0 Å². The van der Waals surface area contributed by atoms with E-state index in [0.29, 0.717) is 6.61 Å². The van der Waals surface area contributed by atoms with Gasteiger partial charge in [0, 0.05) is 50.3 Å². The highest BCUT2D eigenvalue weighted by Gasteiger charge is 2.45. The molecule has 1 atom stereocenters. The number of hydrogen-bond acceptors (Lipinski definition) is 7. The minimum absolute atomic E-state index is 0.0280. The van der Waals surface area contributed by atoms with Crippen molar-refractivity contribution >= 4 is 5.95 Å². The Morgan fingerprint density at radius 3 is 2.89 bits per heavy atom. The van der Waals surface area contributed by atoms with Crippen LogP contribution >= 0.6 is 0 Å². The van der Waals surface area contributed by atoms with Crippen LogP contribution in [0.1, 0.15) is 23.2 Å². The molecular weight excluding hydrogens is 342 g/mol. The fourth-order valence-corrected chi connectivity index (χ4v) is 4.46. The van der Waals surface area contributed by atoms with Crippen molar-refractivity contribution in [2.45, 2.75) is 25.0 Å². The van der Waals surface area contributed by atoms with Crippen molar-refractivity contribution in [3.05, 3.63) is 47.5 Å².